The molecule has 0 unspecified atom stereocenters. The van der Waals surface area contributed by atoms with E-state index in [1.807, 2.05) is 28.4 Å². The maximum absolute atomic E-state index is 8.79. The van der Waals surface area contributed by atoms with E-state index < -0.39 is 0 Å². The van der Waals surface area contributed by atoms with Crippen molar-refractivity contribution in [2.75, 3.05) is 0 Å². The predicted molar refractivity (Wildman–Crippen MR) is 49.3 cm³/mol. The van der Waals surface area contributed by atoms with Crippen molar-refractivity contribution < 1.29 is 0 Å². The zero-order valence-electron chi connectivity index (χ0n) is 7.75. The van der Waals surface area contributed by atoms with E-state index in [1.165, 1.54) is 0 Å². The fraction of sp³-hybridized carbons (Fsp3) is 0.222. The Hall–Kier alpha value is -2.09. The van der Waals surface area contributed by atoms with E-state index in [-0.39, 0.29) is 0 Å². The maximum atomic E-state index is 8.79. The molecule has 0 amide bonds. The van der Waals surface area contributed by atoms with Crippen LogP contribution in [0.4, 0.5) is 0 Å². The van der Waals surface area contributed by atoms with Gasteiger partial charge in [0.25, 0.3) is 0 Å². The molecule has 0 aliphatic heterocycles. The number of nitrogens with zero attached hydrogens (tertiary/aromatic N) is 5. The second-order valence-corrected chi connectivity index (χ2v) is 2.99. The number of nitriles is 1. The van der Waals surface area contributed by atoms with Crippen molar-refractivity contribution in [2.24, 2.45) is 7.05 Å². The summed E-state index contributed by atoms with van der Waals surface area (Å²) >= 11 is 0. The summed E-state index contributed by atoms with van der Waals surface area (Å²) in [6, 6.07) is 5.73. The lowest BCUT2D eigenvalue weighted by atomic mass is 10.4. The van der Waals surface area contributed by atoms with Gasteiger partial charge in [-0.25, -0.2) is 0 Å². The Morgan fingerprint density at radius 2 is 2.43 bits per heavy atom. The molecule has 0 fully saturated rings. The molecule has 0 atom stereocenters. The maximum Gasteiger partial charge on any atom is 0.152 e. The van der Waals surface area contributed by atoms with Gasteiger partial charge in [0.2, 0.25) is 0 Å². The number of rotatable bonds is 2. The summed E-state index contributed by atoms with van der Waals surface area (Å²) in [5.41, 5.74) is 0.632. The fourth-order valence-corrected chi connectivity index (χ4v) is 1.26. The van der Waals surface area contributed by atoms with Gasteiger partial charge in [-0.15, -0.1) is 10.2 Å². The van der Waals surface area contributed by atoms with Crippen LogP contribution in [-0.2, 0) is 13.6 Å². The highest BCUT2D eigenvalue weighted by atomic mass is 15.3. The second-order valence-electron chi connectivity index (χ2n) is 2.99. The lowest BCUT2D eigenvalue weighted by Gasteiger charge is -2.02. The minimum Gasteiger partial charge on any atom is -0.332 e. The summed E-state index contributed by atoms with van der Waals surface area (Å²) in [6.07, 6.45) is 3.50. The summed E-state index contributed by atoms with van der Waals surface area (Å²) in [4.78, 5) is 0. The van der Waals surface area contributed by atoms with Gasteiger partial charge in [0.1, 0.15) is 18.1 Å². The van der Waals surface area contributed by atoms with Crippen molar-refractivity contribution in [3.63, 3.8) is 0 Å². The van der Waals surface area contributed by atoms with Crippen LogP contribution >= 0.6 is 0 Å². The van der Waals surface area contributed by atoms with Gasteiger partial charge >= 0.3 is 0 Å². The highest BCUT2D eigenvalue weighted by Gasteiger charge is 2.04. The van der Waals surface area contributed by atoms with E-state index in [9.17, 15) is 0 Å². The van der Waals surface area contributed by atoms with Crippen molar-refractivity contribution in [1.29, 1.82) is 5.26 Å². The summed E-state index contributed by atoms with van der Waals surface area (Å²) in [5.74, 6) is 0.831. The molecule has 2 rings (SSSR count). The number of hydrogen-bond donors (Lipinski definition) is 0. The molecule has 0 radical (unpaired) electrons. The van der Waals surface area contributed by atoms with Crippen LogP contribution in [0.15, 0.2) is 24.7 Å². The Kier molecular flexibility index (Phi) is 2.03. The minimum absolute atomic E-state index is 0.576. The van der Waals surface area contributed by atoms with Crippen LogP contribution in [0, 0.1) is 11.3 Å². The van der Waals surface area contributed by atoms with Gasteiger partial charge in [0.15, 0.2) is 5.82 Å². The van der Waals surface area contributed by atoms with Crippen molar-refractivity contribution in [1.82, 2.24) is 19.3 Å². The Balaban J connectivity index is 2.28. The smallest absolute Gasteiger partial charge is 0.152 e. The molecule has 0 N–H and O–H groups in total. The van der Waals surface area contributed by atoms with E-state index in [2.05, 4.69) is 16.3 Å². The van der Waals surface area contributed by atoms with Crippen LogP contribution in [-0.4, -0.2) is 19.3 Å². The molecule has 0 spiro atoms. The molecule has 2 heterocycles. The lowest BCUT2D eigenvalue weighted by molar-refractivity contribution is 0.695. The van der Waals surface area contributed by atoms with Crippen molar-refractivity contribution in [3.8, 4) is 6.07 Å². The average Bonchev–Trinajstić information content (AvgIpc) is 2.77. The van der Waals surface area contributed by atoms with E-state index in [0.717, 1.165) is 5.82 Å². The molecule has 0 bridgehead atoms. The van der Waals surface area contributed by atoms with Crippen molar-refractivity contribution in [2.45, 2.75) is 6.54 Å². The standard InChI is InChI=1S/C9H9N5/c1-13-7-11-12-9(13)6-14-4-2-3-8(14)5-10/h2-4,7H,6H2,1H3. The molecule has 2 aromatic heterocycles. The lowest BCUT2D eigenvalue weighted by Crippen LogP contribution is -2.06. The number of aryl methyl sites for hydroxylation is 1. The molecular formula is C9H9N5. The first-order valence-electron chi connectivity index (χ1n) is 4.19. The molecule has 0 saturated carbocycles. The molecule has 0 aliphatic rings. The molecule has 5 nitrogen and oxygen atoms in total. The third-order valence-electron chi connectivity index (χ3n) is 2.06. The van der Waals surface area contributed by atoms with E-state index >= 15 is 0 Å². The van der Waals surface area contributed by atoms with Crippen LogP contribution in [0.3, 0.4) is 0 Å². The summed E-state index contributed by atoms with van der Waals surface area (Å²) in [7, 11) is 1.88. The van der Waals surface area contributed by atoms with Crippen molar-refractivity contribution >= 4 is 0 Å². The van der Waals surface area contributed by atoms with Crippen LogP contribution in [0.5, 0.6) is 0 Å². The highest BCUT2D eigenvalue weighted by Crippen LogP contribution is 2.03. The van der Waals surface area contributed by atoms with Gasteiger partial charge in [-0.05, 0) is 12.1 Å². The minimum atomic E-state index is 0.576. The summed E-state index contributed by atoms with van der Waals surface area (Å²) in [5, 5.41) is 16.5. The molecule has 2 aromatic rings. The van der Waals surface area contributed by atoms with Gasteiger partial charge in [-0.1, -0.05) is 0 Å². The Morgan fingerprint density at radius 1 is 1.57 bits per heavy atom. The fourth-order valence-electron chi connectivity index (χ4n) is 1.26. The van der Waals surface area contributed by atoms with Crippen LogP contribution < -0.4 is 0 Å². The molecule has 5 heteroatoms. The predicted octanol–water partition coefficient (Wildman–Crippen LogP) is 0.537. The highest BCUT2D eigenvalue weighted by molar-refractivity contribution is 5.22. The topological polar surface area (TPSA) is 59.4 Å². The zero-order chi connectivity index (χ0) is 9.97. The number of aromatic nitrogens is 4. The monoisotopic (exact) mass is 187 g/mol. The molecule has 14 heavy (non-hydrogen) atoms. The van der Waals surface area contributed by atoms with Crippen LogP contribution in [0.1, 0.15) is 11.5 Å². The average molecular weight is 187 g/mol. The normalized spacial score (nSPS) is 10.0. The first-order valence-corrected chi connectivity index (χ1v) is 4.19. The molecule has 0 aliphatic carbocycles. The molecular weight excluding hydrogens is 178 g/mol. The van der Waals surface area contributed by atoms with Gasteiger partial charge < -0.3 is 9.13 Å². The first-order chi connectivity index (χ1) is 6.81. The Labute approximate surface area is 81.2 Å². The van der Waals surface area contributed by atoms with E-state index in [1.54, 1.807) is 12.4 Å². The quantitative estimate of drug-likeness (QED) is 0.689. The second kappa shape index (κ2) is 3.34. The third kappa shape index (κ3) is 1.38. The molecule has 70 valence electrons. The van der Waals surface area contributed by atoms with Crippen molar-refractivity contribution in [3.05, 3.63) is 36.2 Å². The van der Waals surface area contributed by atoms with Gasteiger partial charge in [-0.2, -0.15) is 5.26 Å². The van der Waals surface area contributed by atoms with E-state index in [4.69, 9.17) is 5.26 Å². The first kappa shape index (κ1) is 8.51. The molecule has 0 aromatic carbocycles. The third-order valence-corrected chi connectivity index (χ3v) is 2.06. The Bertz CT molecular complexity index is 473. The largest absolute Gasteiger partial charge is 0.332 e. The van der Waals surface area contributed by atoms with Crippen LogP contribution in [0.2, 0.25) is 0 Å². The number of hydrogen-bond acceptors (Lipinski definition) is 3. The van der Waals surface area contributed by atoms with Gasteiger partial charge in [0.05, 0.1) is 6.54 Å². The summed E-state index contributed by atoms with van der Waals surface area (Å²) < 4.78 is 3.67. The zero-order valence-corrected chi connectivity index (χ0v) is 7.75. The summed E-state index contributed by atoms with van der Waals surface area (Å²) in [6.45, 7) is 0.576. The van der Waals surface area contributed by atoms with E-state index in [0.29, 0.717) is 12.2 Å². The Morgan fingerprint density at radius 3 is 3.07 bits per heavy atom. The van der Waals surface area contributed by atoms with Gasteiger partial charge in [-0.3, -0.25) is 0 Å². The van der Waals surface area contributed by atoms with Gasteiger partial charge in [0, 0.05) is 13.2 Å². The molecule has 0 saturated heterocycles. The van der Waals surface area contributed by atoms with Crippen LogP contribution in [0.25, 0.3) is 0 Å². The SMILES string of the molecule is Cn1cnnc1Cn1cccc1C#N.